The van der Waals surface area contributed by atoms with Crippen molar-refractivity contribution in [2.75, 3.05) is 12.3 Å². The van der Waals surface area contributed by atoms with Gasteiger partial charge in [0.2, 0.25) is 5.95 Å². The van der Waals surface area contributed by atoms with Crippen LogP contribution in [0.5, 0.6) is 0 Å². The van der Waals surface area contributed by atoms with E-state index >= 15 is 0 Å². The SMILES string of the molecule is Cn1nc([C@@H]2CCCCN2)nc1N. The quantitative estimate of drug-likeness (QED) is 0.650. The van der Waals surface area contributed by atoms with Crippen LogP contribution in [0, 0.1) is 0 Å². The first-order valence-electron chi connectivity index (χ1n) is 4.67. The third kappa shape index (κ3) is 1.65. The number of nitrogens with two attached hydrogens (primary N) is 1. The first-order chi connectivity index (χ1) is 6.27. The van der Waals surface area contributed by atoms with Gasteiger partial charge in [-0.05, 0) is 19.4 Å². The van der Waals surface area contributed by atoms with E-state index in [4.69, 9.17) is 5.73 Å². The van der Waals surface area contributed by atoms with Gasteiger partial charge in [-0.25, -0.2) is 4.68 Å². The van der Waals surface area contributed by atoms with Crippen molar-refractivity contribution >= 4 is 5.95 Å². The molecule has 1 aromatic heterocycles. The molecule has 0 bridgehead atoms. The third-order valence-corrected chi connectivity index (χ3v) is 2.44. The number of nitrogens with zero attached hydrogens (tertiary/aromatic N) is 3. The van der Waals surface area contributed by atoms with Crippen molar-refractivity contribution in [3.05, 3.63) is 5.82 Å². The number of aromatic nitrogens is 3. The van der Waals surface area contributed by atoms with E-state index in [0.717, 1.165) is 18.8 Å². The lowest BCUT2D eigenvalue weighted by atomic mass is 10.0. The summed E-state index contributed by atoms with van der Waals surface area (Å²) in [5.41, 5.74) is 5.61. The highest BCUT2D eigenvalue weighted by atomic mass is 15.4. The van der Waals surface area contributed by atoms with E-state index in [1.54, 1.807) is 4.68 Å². The summed E-state index contributed by atoms with van der Waals surface area (Å²) in [4.78, 5) is 4.20. The van der Waals surface area contributed by atoms with Gasteiger partial charge in [-0.15, -0.1) is 0 Å². The molecule has 3 N–H and O–H groups in total. The molecule has 0 aliphatic carbocycles. The molecule has 1 aliphatic rings. The van der Waals surface area contributed by atoms with Gasteiger partial charge in [0.1, 0.15) is 0 Å². The molecule has 1 saturated heterocycles. The first kappa shape index (κ1) is 8.50. The molecule has 0 aromatic carbocycles. The van der Waals surface area contributed by atoms with Crippen LogP contribution < -0.4 is 11.1 Å². The molecule has 1 aromatic rings. The fraction of sp³-hybridized carbons (Fsp3) is 0.750. The molecule has 5 heteroatoms. The average molecular weight is 181 g/mol. The highest BCUT2D eigenvalue weighted by molar-refractivity contribution is 5.16. The Balaban J connectivity index is 2.14. The summed E-state index contributed by atoms with van der Waals surface area (Å²) >= 11 is 0. The second-order valence-electron chi connectivity index (χ2n) is 3.45. The average Bonchev–Trinajstić information content (AvgIpc) is 2.49. The molecular weight excluding hydrogens is 166 g/mol. The van der Waals surface area contributed by atoms with E-state index in [1.807, 2.05) is 7.05 Å². The van der Waals surface area contributed by atoms with Crippen LogP contribution >= 0.6 is 0 Å². The van der Waals surface area contributed by atoms with Crippen molar-refractivity contribution in [2.24, 2.45) is 7.05 Å². The Hall–Kier alpha value is -1.10. The van der Waals surface area contributed by atoms with E-state index in [2.05, 4.69) is 15.4 Å². The lowest BCUT2D eigenvalue weighted by Crippen LogP contribution is -2.27. The molecule has 1 fully saturated rings. The topological polar surface area (TPSA) is 68.8 Å². The van der Waals surface area contributed by atoms with E-state index in [1.165, 1.54) is 12.8 Å². The lowest BCUT2D eigenvalue weighted by Gasteiger charge is -2.20. The third-order valence-electron chi connectivity index (χ3n) is 2.44. The number of hydrogen-bond donors (Lipinski definition) is 2. The minimum absolute atomic E-state index is 0.303. The highest BCUT2D eigenvalue weighted by Gasteiger charge is 2.19. The first-order valence-corrected chi connectivity index (χ1v) is 4.67. The Morgan fingerprint density at radius 3 is 2.92 bits per heavy atom. The molecule has 1 atom stereocenters. The molecule has 0 saturated carbocycles. The van der Waals surface area contributed by atoms with Crippen molar-refractivity contribution in [2.45, 2.75) is 25.3 Å². The van der Waals surface area contributed by atoms with Crippen LogP contribution in [0.15, 0.2) is 0 Å². The van der Waals surface area contributed by atoms with Crippen LogP contribution in [0.1, 0.15) is 31.1 Å². The standard InChI is InChI=1S/C8H15N5/c1-13-8(9)11-7(12-13)6-4-2-3-5-10-6/h6,10H,2-5H2,1H3,(H2,9,11,12)/t6-/m0/s1. The number of anilines is 1. The number of piperidine rings is 1. The lowest BCUT2D eigenvalue weighted by molar-refractivity contribution is 0.396. The van der Waals surface area contributed by atoms with Crippen LogP contribution in [-0.2, 0) is 7.05 Å². The van der Waals surface area contributed by atoms with E-state index in [0.29, 0.717) is 12.0 Å². The van der Waals surface area contributed by atoms with Crippen LogP contribution in [0.4, 0.5) is 5.95 Å². The Kier molecular flexibility index (Phi) is 2.18. The molecule has 5 nitrogen and oxygen atoms in total. The minimum atomic E-state index is 0.303. The summed E-state index contributed by atoms with van der Waals surface area (Å²) in [5, 5.41) is 7.63. The maximum Gasteiger partial charge on any atom is 0.218 e. The normalized spacial score (nSPS) is 23.3. The predicted molar refractivity (Wildman–Crippen MR) is 50.0 cm³/mol. The maximum absolute atomic E-state index is 5.61. The molecule has 0 unspecified atom stereocenters. The van der Waals surface area contributed by atoms with Crippen molar-refractivity contribution in [1.29, 1.82) is 0 Å². The molecule has 1 aliphatic heterocycles. The van der Waals surface area contributed by atoms with E-state index < -0.39 is 0 Å². The van der Waals surface area contributed by atoms with Gasteiger partial charge in [-0.2, -0.15) is 10.1 Å². The number of nitrogen functional groups attached to an aromatic ring is 1. The highest BCUT2D eigenvalue weighted by Crippen LogP contribution is 2.20. The number of aryl methyl sites for hydroxylation is 1. The van der Waals surface area contributed by atoms with Gasteiger partial charge in [0.05, 0.1) is 6.04 Å². The fourth-order valence-electron chi connectivity index (χ4n) is 1.64. The summed E-state index contributed by atoms with van der Waals surface area (Å²) in [6.45, 7) is 1.06. The zero-order valence-corrected chi connectivity index (χ0v) is 7.82. The molecule has 72 valence electrons. The Morgan fingerprint density at radius 1 is 1.54 bits per heavy atom. The minimum Gasteiger partial charge on any atom is -0.368 e. The monoisotopic (exact) mass is 181 g/mol. The Labute approximate surface area is 77.3 Å². The molecule has 2 rings (SSSR count). The van der Waals surface area contributed by atoms with Gasteiger partial charge in [-0.1, -0.05) is 6.42 Å². The number of rotatable bonds is 1. The van der Waals surface area contributed by atoms with Gasteiger partial charge in [0.25, 0.3) is 0 Å². The van der Waals surface area contributed by atoms with Crippen molar-refractivity contribution in [1.82, 2.24) is 20.1 Å². The summed E-state index contributed by atoms with van der Waals surface area (Å²) in [5.74, 6) is 1.32. The van der Waals surface area contributed by atoms with Crippen LogP contribution in [0.3, 0.4) is 0 Å². The molecule has 0 amide bonds. The second-order valence-corrected chi connectivity index (χ2v) is 3.45. The number of hydrogen-bond acceptors (Lipinski definition) is 4. The van der Waals surface area contributed by atoms with E-state index in [9.17, 15) is 0 Å². The van der Waals surface area contributed by atoms with Gasteiger partial charge >= 0.3 is 0 Å². The van der Waals surface area contributed by atoms with Crippen molar-refractivity contribution in [3.63, 3.8) is 0 Å². The Morgan fingerprint density at radius 2 is 2.38 bits per heavy atom. The van der Waals surface area contributed by atoms with Crippen LogP contribution in [0.2, 0.25) is 0 Å². The van der Waals surface area contributed by atoms with Crippen LogP contribution in [-0.4, -0.2) is 21.3 Å². The second kappa shape index (κ2) is 3.33. The molecule has 2 heterocycles. The van der Waals surface area contributed by atoms with Crippen LogP contribution in [0.25, 0.3) is 0 Å². The van der Waals surface area contributed by atoms with Crippen molar-refractivity contribution < 1.29 is 0 Å². The van der Waals surface area contributed by atoms with Gasteiger partial charge < -0.3 is 11.1 Å². The molecular formula is C8H15N5. The van der Waals surface area contributed by atoms with E-state index in [-0.39, 0.29) is 0 Å². The molecule has 0 spiro atoms. The summed E-state index contributed by atoms with van der Waals surface area (Å²) < 4.78 is 1.62. The van der Waals surface area contributed by atoms with Crippen molar-refractivity contribution in [3.8, 4) is 0 Å². The van der Waals surface area contributed by atoms with Gasteiger partial charge in [-0.3, -0.25) is 0 Å². The number of nitrogens with one attached hydrogen (secondary N) is 1. The zero-order valence-electron chi connectivity index (χ0n) is 7.82. The summed E-state index contributed by atoms with van der Waals surface area (Å²) in [6, 6.07) is 0.303. The molecule has 0 radical (unpaired) electrons. The summed E-state index contributed by atoms with van der Waals surface area (Å²) in [6.07, 6.45) is 3.61. The zero-order chi connectivity index (χ0) is 9.26. The molecule has 13 heavy (non-hydrogen) atoms. The maximum atomic E-state index is 5.61. The fourth-order valence-corrected chi connectivity index (χ4v) is 1.64. The largest absolute Gasteiger partial charge is 0.368 e. The Bertz CT molecular complexity index is 267. The van der Waals surface area contributed by atoms with Gasteiger partial charge in [0.15, 0.2) is 5.82 Å². The summed E-state index contributed by atoms with van der Waals surface area (Å²) in [7, 11) is 1.81. The predicted octanol–water partition coefficient (Wildman–Crippen LogP) is 0.212. The van der Waals surface area contributed by atoms with Gasteiger partial charge in [0, 0.05) is 7.05 Å². The smallest absolute Gasteiger partial charge is 0.218 e.